The molecule has 0 aliphatic heterocycles. The zero-order valence-corrected chi connectivity index (χ0v) is 12.5. The van der Waals surface area contributed by atoms with Crippen molar-refractivity contribution in [3.63, 3.8) is 0 Å². The van der Waals surface area contributed by atoms with Gasteiger partial charge in [0.15, 0.2) is 0 Å². The maximum atomic E-state index is 12.1. The van der Waals surface area contributed by atoms with Crippen LogP contribution in [0.15, 0.2) is 24.3 Å². The lowest BCUT2D eigenvalue weighted by atomic mass is 9.85. The van der Waals surface area contributed by atoms with Crippen molar-refractivity contribution in [2.24, 2.45) is 5.41 Å². The summed E-state index contributed by atoms with van der Waals surface area (Å²) in [5.41, 5.74) is 0.551. The highest BCUT2D eigenvalue weighted by molar-refractivity contribution is 6.30. The molecule has 1 rings (SSSR count). The second-order valence-corrected chi connectivity index (χ2v) is 6.19. The van der Waals surface area contributed by atoms with Crippen LogP contribution >= 0.6 is 23.2 Å². The predicted octanol–water partition coefficient (Wildman–Crippen LogP) is 4.11. The zero-order chi connectivity index (χ0) is 13.8. The van der Waals surface area contributed by atoms with Gasteiger partial charge in [-0.2, -0.15) is 0 Å². The van der Waals surface area contributed by atoms with E-state index in [9.17, 15) is 4.79 Å². The molecule has 0 spiro atoms. The third-order valence-electron chi connectivity index (χ3n) is 2.84. The fourth-order valence-electron chi connectivity index (χ4n) is 1.70. The summed E-state index contributed by atoms with van der Waals surface area (Å²) in [6.07, 6.45) is 0.747. The average Bonchev–Trinajstić information content (AvgIpc) is 2.27. The van der Waals surface area contributed by atoms with E-state index in [4.69, 9.17) is 23.2 Å². The van der Waals surface area contributed by atoms with Crippen LogP contribution in [0.5, 0.6) is 0 Å². The van der Waals surface area contributed by atoms with E-state index in [-0.39, 0.29) is 17.4 Å². The molecule has 0 radical (unpaired) electrons. The van der Waals surface area contributed by atoms with E-state index in [0.717, 1.165) is 6.42 Å². The Labute approximate surface area is 119 Å². The number of amides is 1. The molecule has 1 N–H and O–H groups in total. The third-order valence-corrected chi connectivity index (χ3v) is 3.29. The molecule has 1 unspecified atom stereocenters. The molecule has 0 fully saturated rings. The smallest absolute Gasteiger partial charge is 0.251 e. The molecule has 0 saturated heterocycles. The van der Waals surface area contributed by atoms with E-state index < -0.39 is 0 Å². The topological polar surface area (TPSA) is 29.1 Å². The van der Waals surface area contributed by atoms with Crippen LogP contribution in [-0.2, 0) is 0 Å². The number of benzene rings is 1. The number of nitrogens with one attached hydrogen (secondary N) is 1. The van der Waals surface area contributed by atoms with E-state index in [1.165, 1.54) is 0 Å². The minimum absolute atomic E-state index is 0.0247. The predicted molar refractivity (Wildman–Crippen MR) is 77.5 cm³/mol. The highest BCUT2D eigenvalue weighted by Crippen LogP contribution is 2.23. The number of carbonyl (C=O) groups excluding carboxylic acids is 1. The summed E-state index contributed by atoms with van der Waals surface area (Å²) < 4.78 is 0. The molecule has 0 bridgehead atoms. The van der Waals surface area contributed by atoms with Gasteiger partial charge in [0.05, 0.1) is 0 Å². The number of hydrogen-bond acceptors (Lipinski definition) is 1. The summed E-state index contributed by atoms with van der Waals surface area (Å²) in [6, 6.07) is 6.98. The Bertz CT molecular complexity index is 413. The molecule has 0 aromatic heterocycles. The first-order valence-electron chi connectivity index (χ1n) is 5.97. The minimum atomic E-state index is -0.109. The first kappa shape index (κ1) is 15.3. The molecule has 1 aromatic rings. The number of carbonyl (C=O) groups is 1. The SMILES string of the molecule is CC(C)(C)C(CCCl)NC(=O)c1cccc(Cl)c1. The molecule has 0 heterocycles. The van der Waals surface area contributed by atoms with Gasteiger partial charge < -0.3 is 5.32 Å². The van der Waals surface area contributed by atoms with E-state index >= 15 is 0 Å². The van der Waals surface area contributed by atoms with Gasteiger partial charge in [0.2, 0.25) is 0 Å². The van der Waals surface area contributed by atoms with Gasteiger partial charge in [-0.3, -0.25) is 4.79 Å². The first-order chi connectivity index (χ1) is 8.34. The molecule has 0 aliphatic rings. The number of hydrogen-bond donors (Lipinski definition) is 1. The molecular formula is C14H19Cl2NO. The van der Waals surface area contributed by atoms with Gasteiger partial charge in [-0.05, 0) is 30.0 Å². The van der Waals surface area contributed by atoms with Crippen molar-refractivity contribution >= 4 is 29.1 Å². The van der Waals surface area contributed by atoms with Crippen LogP contribution in [0.2, 0.25) is 5.02 Å². The summed E-state index contributed by atoms with van der Waals surface area (Å²) in [7, 11) is 0. The Morgan fingerprint density at radius 1 is 1.39 bits per heavy atom. The molecule has 100 valence electrons. The van der Waals surface area contributed by atoms with Crippen molar-refractivity contribution in [2.45, 2.75) is 33.2 Å². The van der Waals surface area contributed by atoms with Gasteiger partial charge in [0, 0.05) is 22.5 Å². The fraction of sp³-hybridized carbons (Fsp3) is 0.500. The lowest BCUT2D eigenvalue weighted by Gasteiger charge is -2.31. The summed E-state index contributed by atoms with van der Waals surface area (Å²) in [4.78, 5) is 12.1. The third kappa shape index (κ3) is 4.51. The second-order valence-electron chi connectivity index (χ2n) is 5.38. The van der Waals surface area contributed by atoms with Crippen LogP contribution in [0.3, 0.4) is 0 Å². The normalized spacial score (nSPS) is 13.2. The van der Waals surface area contributed by atoms with Crippen LogP contribution in [-0.4, -0.2) is 17.8 Å². The lowest BCUT2D eigenvalue weighted by molar-refractivity contribution is 0.0900. The highest BCUT2D eigenvalue weighted by atomic mass is 35.5. The maximum absolute atomic E-state index is 12.1. The van der Waals surface area contributed by atoms with Crippen molar-refractivity contribution in [3.8, 4) is 0 Å². The maximum Gasteiger partial charge on any atom is 0.251 e. The van der Waals surface area contributed by atoms with Crippen molar-refractivity contribution in [2.75, 3.05) is 5.88 Å². The Morgan fingerprint density at radius 3 is 2.56 bits per heavy atom. The second kappa shape index (κ2) is 6.44. The first-order valence-corrected chi connectivity index (χ1v) is 6.88. The van der Waals surface area contributed by atoms with Crippen molar-refractivity contribution in [1.82, 2.24) is 5.32 Å². The molecular weight excluding hydrogens is 269 g/mol. The lowest BCUT2D eigenvalue weighted by Crippen LogP contribution is -2.44. The molecule has 1 atom stereocenters. The molecule has 2 nitrogen and oxygen atoms in total. The van der Waals surface area contributed by atoms with Crippen LogP contribution in [0.1, 0.15) is 37.6 Å². The standard InChI is InChI=1S/C14H19Cl2NO/c1-14(2,3)12(7-8-15)17-13(18)10-5-4-6-11(16)9-10/h4-6,9,12H,7-8H2,1-3H3,(H,17,18). The Balaban J connectivity index is 2.79. The number of halogens is 2. The van der Waals surface area contributed by atoms with E-state index in [1.54, 1.807) is 24.3 Å². The molecule has 18 heavy (non-hydrogen) atoms. The Morgan fingerprint density at radius 2 is 2.06 bits per heavy atom. The van der Waals surface area contributed by atoms with Gasteiger partial charge >= 0.3 is 0 Å². The van der Waals surface area contributed by atoms with Crippen molar-refractivity contribution < 1.29 is 4.79 Å². The van der Waals surface area contributed by atoms with Gasteiger partial charge in [0.1, 0.15) is 0 Å². The Kier molecular flexibility index (Phi) is 5.48. The molecule has 0 aliphatic carbocycles. The molecule has 1 amide bonds. The van der Waals surface area contributed by atoms with Crippen LogP contribution in [0.4, 0.5) is 0 Å². The van der Waals surface area contributed by atoms with Crippen molar-refractivity contribution in [1.29, 1.82) is 0 Å². The summed E-state index contributed by atoms with van der Waals surface area (Å²) in [5, 5.41) is 3.58. The van der Waals surface area contributed by atoms with Crippen LogP contribution in [0.25, 0.3) is 0 Å². The van der Waals surface area contributed by atoms with Crippen molar-refractivity contribution in [3.05, 3.63) is 34.9 Å². The molecule has 0 saturated carbocycles. The number of rotatable bonds is 4. The molecule has 4 heteroatoms. The van der Waals surface area contributed by atoms with E-state index in [0.29, 0.717) is 16.5 Å². The summed E-state index contributed by atoms with van der Waals surface area (Å²) in [6.45, 7) is 6.26. The van der Waals surface area contributed by atoms with Gasteiger partial charge in [-0.25, -0.2) is 0 Å². The van der Waals surface area contributed by atoms with Crippen LogP contribution < -0.4 is 5.32 Å². The van der Waals surface area contributed by atoms with Gasteiger partial charge in [-0.15, -0.1) is 11.6 Å². The Hall–Kier alpha value is -0.730. The summed E-state index contributed by atoms with van der Waals surface area (Å²) in [5.74, 6) is 0.417. The average molecular weight is 288 g/mol. The summed E-state index contributed by atoms with van der Waals surface area (Å²) >= 11 is 11.7. The number of alkyl halides is 1. The molecule has 1 aromatic carbocycles. The zero-order valence-electron chi connectivity index (χ0n) is 11.0. The monoisotopic (exact) mass is 287 g/mol. The highest BCUT2D eigenvalue weighted by Gasteiger charge is 2.25. The largest absolute Gasteiger partial charge is 0.349 e. The van der Waals surface area contributed by atoms with E-state index in [1.807, 2.05) is 0 Å². The van der Waals surface area contributed by atoms with Crippen LogP contribution in [0, 0.1) is 5.41 Å². The minimum Gasteiger partial charge on any atom is -0.349 e. The fourth-order valence-corrected chi connectivity index (χ4v) is 2.11. The quantitative estimate of drug-likeness (QED) is 0.830. The van der Waals surface area contributed by atoms with E-state index in [2.05, 4.69) is 26.1 Å². The van der Waals surface area contributed by atoms with Gasteiger partial charge in [-0.1, -0.05) is 38.4 Å². The van der Waals surface area contributed by atoms with Gasteiger partial charge in [0.25, 0.3) is 5.91 Å².